The van der Waals surface area contributed by atoms with Crippen LogP contribution < -0.4 is 0 Å². The third-order valence-electron chi connectivity index (χ3n) is 5.66. The van der Waals surface area contributed by atoms with Crippen LogP contribution in [0.15, 0.2) is 29.0 Å². The number of ketones is 1. The van der Waals surface area contributed by atoms with E-state index in [2.05, 4.69) is 29.5 Å². The number of aromatic nitrogens is 2. The number of amides is 1. The number of hydrogen-bond donors (Lipinski definition) is 0. The minimum absolute atomic E-state index is 0.0633. The molecule has 0 unspecified atom stereocenters. The lowest BCUT2D eigenvalue weighted by molar-refractivity contribution is -0.113. The van der Waals surface area contributed by atoms with Crippen LogP contribution in [0.25, 0.3) is 0 Å². The Balaban J connectivity index is 1.77. The first-order chi connectivity index (χ1) is 13.0. The summed E-state index contributed by atoms with van der Waals surface area (Å²) < 4.78 is 2.09. The zero-order chi connectivity index (χ0) is 19.4. The van der Waals surface area contributed by atoms with Crippen LogP contribution in [0, 0.1) is 0 Å². The Kier molecular flexibility index (Phi) is 6.30. The highest BCUT2D eigenvalue weighted by Crippen LogP contribution is 2.27. The van der Waals surface area contributed by atoms with Crippen molar-refractivity contribution in [1.29, 1.82) is 0 Å². The van der Waals surface area contributed by atoms with Crippen molar-refractivity contribution in [2.45, 2.75) is 72.3 Å². The van der Waals surface area contributed by atoms with E-state index in [0.717, 1.165) is 74.0 Å². The van der Waals surface area contributed by atoms with Gasteiger partial charge < -0.3 is 9.47 Å². The lowest BCUT2D eigenvalue weighted by Crippen LogP contribution is -2.38. The molecule has 0 saturated heterocycles. The second-order valence-electron chi connectivity index (χ2n) is 7.72. The molecule has 1 aromatic rings. The van der Waals surface area contributed by atoms with Crippen molar-refractivity contribution >= 4 is 11.7 Å². The molecule has 1 aromatic heterocycles. The van der Waals surface area contributed by atoms with Gasteiger partial charge in [0.2, 0.25) is 0 Å². The Morgan fingerprint density at radius 3 is 2.74 bits per heavy atom. The summed E-state index contributed by atoms with van der Waals surface area (Å²) in [4.78, 5) is 31.6. The number of fused-ring (bicyclic) bond motifs is 1. The van der Waals surface area contributed by atoms with E-state index >= 15 is 0 Å². The third kappa shape index (κ3) is 4.23. The number of hydrogen-bond acceptors (Lipinski definition) is 3. The summed E-state index contributed by atoms with van der Waals surface area (Å²) in [7, 11) is 0. The van der Waals surface area contributed by atoms with Crippen LogP contribution in [0.2, 0.25) is 0 Å². The number of unbranched alkanes of at least 4 members (excludes halogenated alkanes) is 2. The molecule has 27 heavy (non-hydrogen) atoms. The van der Waals surface area contributed by atoms with Crippen LogP contribution in [-0.4, -0.2) is 39.2 Å². The van der Waals surface area contributed by atoms with E-state index in [1.54, 1.807) is 13.1 Å². The van der Waals surface area contributed by atoms with Crippen LogP contribution in [-0.2, 0) is 17.8 Å². The van der Waals surface area contributed by atoms with Gasteiger partial charge in [-0.3, -0.25) is 9.59 Å². The Hall–Kier alpha value is -2.17. The van der Waals surface area contributed by atoms with Crippen molar-refractivity contribution < 1.29 is 9.59 Å². The van der Waals surface area contributed by atoms with Gasteiger partial charge in [-0.1, -0.05) is 25.8 Å². The molecule has 2 aliphatic heterocycles. The minimum atomic E-state index is 0.0633. The first-order valence-electron chi connectivity index (χ1n) is 10.3. The first-order valence-corrected chi connectivity index (χ1v) is 10.3. The molecule has 0 aromatic carbocycles. The van der Waals surface area contributed by atoms with Gasteiger partial charge in [0.25, 0.3) is 5.91 Å². The normalized spacial score (nSPS) is 17.9. The van der Waals surface area contributed by atoms with Crippen LogP contribution in [0.3, 0.4) is 0 Å². The number of rotatable bonds is 6. The fourth-order valence-corrected chi connectivity index (χ4v) is 4.14. The summed E-state index contributed by atoms with van der Waals surface area (Å²) in [5.74, 6) is 1.23. The first kappa shape index (κ1) is 19.6. The number of imidazole rings is 1. The van der Waals surface area contributed by atoms with E-state index in [-0.39, 0.29) is 11.7 Å². The predicted octanol–water partition coefficient (Wildman–Crippen LogP) is 4.09. The average molecular weight is 370 g/mol. The molecule has 5 heteroatoms. The van der Waals surface area contributed by atoms with Gasteiger partial charge >= 0.3 is 0 Å². The third-order valence-corrected chi connectivity index (χ3v) is 5.66. The number of Topliss-reactive ketones (excluding diaryl/α,β-unsaturated/α-hetero) is 1. The predicted molar refractivity (Wildman–Crippen MR) is 107 cm³/mol. The number of carbonyl (C=O) groups excluding carboxylic acids is 2. The van der Waals surface area contributed by atoms with E-state index in [4.69, 9.17) is 0 Å². The van der Waals surface area contributed by atoms with E-state index in [1.807, 2.05) is 4.90 Å². The molecule has 0 bridgehead atoms. The maximum absolute atomic E-state index is 13.1. The fourth-order valence-electron chi connectivity index (χ4n) is 4.14. The molecule has 0 spiro atoms. The SMILES string of the molecule is CCCC/C=C(/C(C)=O)C1=C(C)CN(C(=O)c2cnc3n2CCCC3)CC1. The zero-order valence-corrected chi connectivity index (χ0v) is 16.9. The summed E-state index contributed by atoms with van der Waals surface area (Å²) in [6, 6.07) is 0. The molecule has 0 atom stereocenters. The van der Waals surface area contributed by atoms with Crippen LogP contribution in [0.5, 0.6) is 0 Å². The summed E-state index contributed by atoms with van der Waals surface area (Å²) in [6.07, 6.45) is 11.0. The number of allylic oxidation sites excluding steroid dienone is 2. The van der Waals surface area contributed by atoms with Gasteiger partial charge in [-0.15, -0.1) is 0 Å². The monoisotopic (exact) mass is 369 g/mol. The lowest BCUT2D eigenvalue weighted by atomic mass is 9.91. The van der Waals surface area contributed by atoms with Crippen LogP contribution in [0.4, 0.5) is 0 Å². The lowest BCUT2D eigenvalue weighted by Gasteiger charge is -2.31. The quantitative estimate of drug-likeness (QED) is 0.561. The standard InChI is InChI=1S/C22H31N3O2/c1-4-5-6-9-19(17(3)26)18-11-13-24(15-16(18)2)22(27)20-14-23-21-10-7-8-12-25(20)21/h9,14H,4-8,10-13,15H2,1-3H3/b19-9-. The smallest absolute Gasteiger partial charge is 0.272 e. The van der Waals surface area contributed by atoms with Gasteiger partial charge in [-0.25, -0.2) is 4.98 Å². The molecule has 0 aliphatic carbocycles. The van der Waals surface area contributed by atoms with Gasteiger partial charge in [0.1, 0.15) is 11.5 Å². The molecule has 0 fully saturated rings. The van der Waals surface area contributed by atoms with E-state index in [0.29, 0.717) is 18.8 Å². The van der Waals surface area contributed by atoms with Crippen molar-refractivity contribution in [3.8, 4) is 0 Å². The van der Waals surface area contributed by atoms with Gasteiger partial charge in [0.05, 0.1) is 6.20 Å². The largest absolute Gasteiger partial charge is 0.333 e. The molecule has 0 N–H and O–H groups in total. The Morgan fingerprint density at radius 2 is 2.04 bits per heavy atom. The van der Waals surface area contributed by atoms with Crippen molar-refractivity contribution in [2.24, 2.45) is 0 Å². The minimum Gasteiger partial charge on any atom is -0.333 e. The van der Waals surface area contributed by atoms with Crippen molar-refractivity contribution in [3.63, 3.8) is 0 Å². The Bertz CT molecular complexity index is 785. The van der Waals surface area contributed by atoms with Gasteiger partial charge in [-0.05, 0) is 50.7 Å². The van der Waals surface area contributed by atoms with Gasteiger partial charge in [0, 0.05) is 31.6 Å². The number of nitrogens with zero attached hydrogens (tertiary/aromatic N) is 3. The van der Waals surface area contributed by atoms with Crippen LogP contribution in [0.1, 0.15) is 75.6 Å². The second-order valence-corrected chi connectivity index (χ2v) is 7.72. The summed E-state index contributed by atoms with van der Waals surface area (Å²) in [5.41, 5.74) is 3.84. The highest BCUT2D eigenvalue weighted by atomic mass is 16.2. The molecule has 0 radical (unpaired) electrons. The molecule has 0 saturated carbocycles. The topological polar surface area (TPSA) is 55.2 Å². The van der Waals surface area contributed by atoms with E-state index in [9.17, 15) is 9.59 Å². The molecule has 5 nitrogen and oxygen atoms in total. The molecule has 3 heterocycles. The zero-order valence-electron chi connectivity index (χ0n) is 16.9. The Labute approximate surface area is 162 Å². The molecule has 2 aliphatic rings. The van der Waals surface area contributed by atoms with Gasteiger partial charge in [0.15, 0.2) is 5.78 Å². The average Bonchev–Trinajstić information content (AvgIpc) is 3.09. The summed E-state index contributed by atoms with van der Waals surface area (Å²) in [5, 5.41) is 0. The highest BCUT2D eigenvalue weighted by molar-refractivity contribution is 5.98. The Morgan fingerprint density at radius 1 is 1.22 bits per heavy atom. The van der Waals surface area contributed by atoms with Crippen molar-refractivity contribution in [2.75, 3.05) is 13.1 Å². The maximum atomic E-state index is 13.1. The van der Waals surface area contributed by atoms with Crippen molar-refractivity contribution in [3.05, 3.63) is 40.5 Å². The molecule has 3 rings (SSSR count). The van der Waals surface area contributed by atoms with Gasteiger partial charge in [-0.2, -0.15) is 0 Å². The highest BCUT2D eigenvalue weighted by Gasteiger charge is 2.27. The van der Waals surface area contributed by atoms with E-state index in [1.165, 1.54) is 0 Å². The summed E-state index contributed by atoms with van der Waals surface area (Å²) in [6.45, 7) is 7.99. The maximum Gasteiger partial charge on any atom is 0.272 e. The number of carbonyl (C=O) groups is 2. The van der Waals surface area contributed by atoms with E-state index < -0.39 is 0 Å². The molecular weight excluding hydrogens is 338 g/mol. The molecule has 1 amide bonds. The fraction of sp³-hybridized carbons (Fsp3) is 0.591. The van der Waals surface area contributed by atoms with Crippen LogP contribution >= 0.6 is 0 Å². The summed E-state index contributed by atoms with van der Waals surface area (Å²) >= 11 is 0. The number of aryl methyl sites for hydroxylation is 1. The molecule has 146 valence electrons. The second kappa shape index (κ2) is 8.68. The van der Waals surface area contributed by atoms with Crippen molar-refractivity contribution in [1.82, 2.24) is 14.5 Å². The molecular formula is C22H31N3O2.